The molecule has 21 heavy (non-hydrogen) atoms. The molecule has 114 valence electrons. The van der Waals surface area contributed by atoms with Gasteiger partial charge in [0.2, 0.25) is 11.7 Å². The van der Waals surface area contributed by atoms with E-state index in [0.717, 1.165) is 44.2 Å². The van der Waals surface area contributed by atoms with Crippen LogP contribution in [0, 0.1) is 11.6 Å². The Morgan fingerprint density at radius 1 is 1.10 bits per heavy atom. The van der Waals surface area contributed by atoms with Crippen molar-refractivity contribution in [2.24, 2.45) is 5.73 Å². The molecule has 0 amide bonds. The second-order valence-corrected chi connectivity index (χ2v) is 5.27. The van der Waals surface area contributed by atoms with E-state index in [1.165, 1.54) is 6.07 Å². The molecule has 1 aliphatic rings. The predicted molar refractivity (Wildman–Crippen MR) is 75.8 cm³/mol. The Hall–Kier alpha value is -1.53. The summed E-state index contributed by atoms with van der Waals surface area (Å²) in [5, 5.41) is 3.82. The number of hydrogen-bond acceptors (Lipinski definition) is 4. The van der Waals surface area contributed by atoms with Crippen molar-refractivity contribution in [1.82, 2.24) is 10.1 Å². The summed E-state index contributed by atoms with van der Waals surface area (Å²) < 4.78 is 31.4. The second-order valence-electron chi connectivity index (χ2n) is 5.27. The minimum absolute atomic E-state index is 0. The van der Waals surface area contributed by atoms with E-state index in [9.17, 15) is 8.78 Å². The van der Waals surface area contributed by atoms with Crippen molar-refractivity contribution < 1.29 is 13.3 Å². The van der Waals surface area contributed by atoms with Crippen molar-refractivity contribution in [3.05, 3.63) is 35.7 Å². The molecule has 4 nitrogen and oxygen atoms in total. The van der Waals surface area contributed by atoms with Gasteiger partial charge in [0.1, 0.15) is 0 Å². The fourth-order valence-corrected chi connectivity index (χ4v) is 2.57. The lowest BCUT2D eigenvalue weighted by molar-refractivity contribution is 0.220. The molecule has 1 fully saturated rings. The molecule has 1 saturated carbocycles. The van der Waals surface area contributed by atoms with Crippen molar-refractivity contribution in [2.75, 3.05) is 0 Å². The average Bonchev–Trinajstić information content (AvgIpc) is 2.93. The van der Waals surface area contributed by atoms with Crippen LogP contribution in [0.1, 0.15) is 38.0 Å². The Morgan fingerprint density at radius 3 is 2.48 bits per heavy atom. The lowest BCUT2D eigenvalue weighted by Gasteiger charge is -2.29. The largest absolute Gasteiger partial charge is 0.337 e. The van der Waals surface area contributed by atoms with Gasteiger partial charge in [-0.15, -0.1) is 12.4 Å². The summed E-state index contributed by atoms with van der Waals surface area (Å²) >= 11 is 0. The van der Waals surface area contributed by atoms with E-state index in [-0.39, 0.29) is 18.2 Å². The third-order valence-corrected chi connectivity index (χ3v) is 3.78. The number of hydrogen-bond donors (Lipinski definition) is 1. The SMILES string of the molecule is Cl.NC1(c2nc(-c3ccc(F)c(F)c3)no2)CCCCC1. The van der Waals surface area contributed by atoms with Gasteiger partial charge in [-0.2, -0.15) is 4.98 Å². The van der Waals surface area contributed by atoms with E-state index in [0.29, 0.717) is 11.5 Å². The van der Waals surface area contributed by atoms with Crippen LogP contribution >= 0.6 is 12.4 Å². The maximum atomic E-state index is 13.2. The van der Waals surface area contributed by atoms with Gasteiger partial charge in [-0.25, -0.2) is 8.78 Å². The summed E-state index contributed by atoms with van der Waals surface area (Å²) in [4.78, 5) is 4.25. The number of rotatable bonds is 2. The van der Waals surface area contributed by atoms with Crippen LogP contribution in [-0.4, -0.2) is 10.1 Å². The molecule has 0 spiro atoms. The summed E-state index contributed by atoms with van der Waals surface area (Å²) in [7, 11) is 0. The van der Waals surface area contributed by atoms with Crippen molar-refractivity contribution in [2.45, 2.75) is 37.6 Å². The van der Waals surface area contributed by atoms with E-state index in [1.807, 2.05) is 0 Å². The van der Waals surface area contributed by atoms with Gasteiger partial charge < -0.3 is 10.3 Å². The van der Waals surface area contributed by atoms with Gasteiger partial charge in [0, 0.05) is 5.56 Å². The quantitative estimate of drug-likeness (QED) is 0.920. The summed E-state index contributed by atoms with van der Waals surface area (Å²) in [5.74, 6) is -1.24. The lowest BCUT2D eigenvalue weighted by atomic mass is 9.82. The van der Waals surface area contributed by atoms with Gasteiger partial charge in [0.25, 0.3) is 0 Å². The van der Waals surface area contributed by atoms with Crippen LogP contribution in [-0.2, 0) is 5.54 Å². The van der Waals surface area contributed by atoms with E-state index >= 15 is 0 Å². The van der Waals surface area contributed by atoms with Crippen LogP contribution in [0.25, 0.3) is 11.4 Å². The monoisotopic (exact) mass is 315 g/mol. The summed E-state index contributed by atoms with van der Waals surface area (Å²) in [6.07, 6.45) is 4.81. The lowest BCUT2D eigenvalue weighted by Crippen LogP contribution is -2.38. The van der Waals surface area contributed by atoms with Crippen LogP contribution in [0.2, 0.25) is 0 Å². The molecular weight excluding hydrogens is 300 g/mol. The Labute approximate surface area is 127 Å². The standard InChI is InChI=1S/C14H15F2N3O.ClH/c15-10-5-4-9(8-11(10)16)12-18-13(20-19-12)14(17)6-2-1-3-7-14;/h4-5,8H,1-3,6-7,17H2;1H. The third-order valence-electron chi connectivity index (χ3n) is 3.78. The second kappa shape index (κ2) is 6.07. The van der Waals surface area contributed by atoms with Crippen molar-refractivity contribution >= 4 is 12.4 Å². The van der Waals surface area contributed by atoms with E-state index in [2.05, 4.69) is 10.1 Å². The van der Waals surface area contributed by atoms with Crippen molar-refractivity contribution in [3.63, 3.8) is 0 Å². The third kappa shape index (κ3) is 3.06. The van der Waals surface area contributed by atoms with Gasteiger partial charge in [-0.3, -0.25) is 0 Å². The van der Waals surface area contributed by atoms with E-state index < -0.39 is 17.2 Å². The Morgan fingerprint density at radius 2 is 1.81 bits per heavy atom. The summed E-state index contributed by atoms with van der Waals surface area (Å²) in [6.45, 7) is 0. The average molecular weight is 316 g/mol. The highest BCUT2D eigenvalue weighted by atomic mass is 35.5. The Bertz CT molecular complexity index is 626. The number of nitrogens with zero attached hydrogens (tertiary/aromatic N) is 2. The smallest absolute Gasteiger partial charge is 0.247 e. The molecular formula is C14H16ClF2N3O. The molecule has 2 aromatic rings. The molecule has 1 heterocycles. The molecule has 0 atom stereocenters. The predicted octanol–water partition coefficient (Wildman–Crippen LogP) is 3.55. The summed E-state index contributed by atoms with van der Waals surface area (Å²) in [5.41, 5.74) is 6.07. The maximum absolute atomic E-state index is 13.2. The van der Waals surface area contributed by atoms with Crippen LogP contribution in [0.15, 0.2) is 22.7 Å². The molecule has 3 rings (SSSR count). The molecule has 0 saturated heterocycles. The minimum Gasteiger partial charge on any atom is -0.337 e. The van der Waals surface area contributed by atoms with Gasteiger partial charge in [-0.05, 0) is 31.0 Å². The first kappa shape index (κ1) is 15.9. The highest BCUT2D eigenvalue weighted by molar-refractivity contribution is 5.85. The molecule has 1 aromatic carbocycles. The van der Waals surface area contributed by atoms with Crippen molar-refractivity contribution in [3.8, 4) is 11.4 Å². The zero-order valence-electron chi connectivity index (χ0n) is 11.3. The van der Waals surface area contributed by atoms with Gasteiger partial charge >= 0.3 is 0 Å². The van der Waals surface area contributed by atoms with Gasteiger partial charge in [-0.1, -0.05) is 24.4 Å². The van der Waals surface area contributed by atoms with Crippen molar-refractivity contribution in [1.29, 1.82) is 0 Å². The van der Waals surface area contributed by atoms with Gasteiger partial charge in [0.05, 0.1) is 5.54 Å². The van der Waals surface area contributed by atoms with Crippen LogP contribution < -0.4 is 5.73 Å². The molecule has 2 N–H and O–H groups in total. The molecule has 0 radical (unpaired) electrons. The first-order valence-corrected chi connectivity index (χ1v) is 6.67. The molecule has 7 heteroatoms. The number of aromatic nitrogens is 2. The topological polar surface area (TPSA) is 64.9 Å². The number of halogens is 3. The Balaban J connectivity index is 0.00000161. The number of benzene rings is 1. The van der Waals surface area contributed by atoms with E-state index in [1.54, 1.807) is 0 Å². The zero-order valence-corrected chi connectivity index (χ0v) is 12.1. The molecule has 0 unspecified atom stereocenters. The fraction of sp³-hybridized carbons (Fsp3) is 0.429. The zero-order chi connectivity index (χ0) is 14.2. The fourth-order valence-electron chi connectivity index (χ4n) is 2.57. The molecule has 1 aliphatic carbocycles. The minimum atomic E-state index is -0.936. The molecule has 0 bridgehead atoms. The van der Waals surface area contributed by atoms with Crippen LogP contribution in [0.4, 0.5) is 8.78 Å². The van der Waals surface area contributed by atoms with Gasteiger partial charge in [0.15, 0.2) is 11.6 Å². The summed E-state index contributed by atoms with van der Waals surface area (Å²) in [6, 6.07) is 3.50. The number of nitrogens with two attached hydrogens (primary N) is 1. The Kier molecular flexibility index (Phi) is 4.58. The molecule has 0 aliphatic heterocycles. The first-order valence-electron chi connectivity index (χ1n) is 6.67. The van der Waals surface area contributed by atoms with Crippen LogP contribution in [0.5, 0.6) is 0 Å². The highest BCUT2D eigenvalue weighted by Crippen LogP contribution is 2.34. The molecule has 1 aromatic heterocycles. The highest BCUT2D eigenvalue weighted by Gasteiger charge is 2.35. The maximum Gasteiger partial charge on any atom is 0.247 e. The van der Waals surface area contributed by atoms with Crippen LogP contribution in [0.3, 0.4) is 0 Å². The van der Waals surface area contributed by atoms with E-state index in [4.69, 9.17) is 10.3 Å². The normalized spacial score (nSPS) is 17.3. The first-order chi connectivity index (χ1) is 9.58.